The van der Waals surface area contributed by atoms with Crippen molar-refractivity contribution in [2.24, 2.45) is 0 Å². The first-order valence-corrected chi connectivity index (χ1v) is 7.50. The zero-order valence-corrected chi connectivity index (χ0v) is 12.8. The van der Waals surface area contributed by atoms with Crippen molar-refractivity contribution in [1.29, 1.82) is 0 Å². The molecule has 0 aliphatic rings. The summed E-state index contributed by atoms with van der Waals surface area (Å²) < 4.78 is 5.55. The molecule has 0 spiro atoms. The maximum Gasteiger partial charge on any atom is 0.242 e. The van der Waals surface area contributed by atoms with Crippen LogP contribution in [-0.2, 0) is 13.0 Å². The van der Waals surface area contributed by atoms with Crippen molar-refractivity contribution >= 4 is 22.8 Å². The van der Waals surface area contributed by atoms with Crippen LogP contribution in [0.2, 0.25) is 0 Å². The van der Waals surface area contributed by atoms with E-state index >= 15 is 0 Å². The number of nitrogens with one attached hydrogen (secondary N) is 1. The van der Waals surface area contributed by atoms with Crippen molar-refractivity contribution in [3.63, 3.8) is 0 Å². The molecule has 2 rings (SSSR count). The second-order valence-corrected chi connectivity index (χ2v) is 5.94. The van der Waals surface area contributed by atoms with Crippen LogP contribution >= 0.6 is 11.3 Å². The van der Waals surface area contributed by atoms with E-state index in [1.165, 1.54) is 16.1 Å². The van der Waals surface area contributed by atoms with Gasteiger partial charge in [-0.1, -0.05) is 6.92 Å². The van der Waals surface area contributed by atoms with Gasteiger partial charge in [-0.05, 0) is 32.4 Å². The third kappa shape index (κ3) is 3.60. The van der Waals surface area contributed by atoms with Crippen LogP contribution in [-0.4, -0.2) is 16.1 Å². The van der Waals surface area contributed by atoms with Crippen molar-refractivity contribution < 1.29 is 4.74 Å². The van der Waals surface area contributed by atoms with Crippen LogP contribution in [0, 0.1) is 0 Å². The second kappa shape index (κ2) is 6.56. The molecule has 0 bridgehead atoms. The van der Waals surface area contributed by atoms with Crippen molar-refractivity contribution in [1.82, 2.24) is 9.97 Å². The highest BCUT2D eigenvalue weighted by Crippen LogP contribution is 2.26. The molecular formula is C14H20N4OS. The minimum absolute atomic E-state index is 0.0319. The zero-order valence-electron chi connectivity index (χ0n) is 12.0. The highest BCUT2D eigenvalue weighted by Gasteiger charge is 2.10. The number of nitrogens with two attached hydrogens (primary N) is 1. The maximum atomic E-state index is 6.02. The third-order valence-corrected chi connectivity index (χ3v) is 3.92. The summed E-state index contributed by atoms with van der Waals surface area (Å²) >= 11 is 1.79. The van der Waals surface area contributed by atoms with Gasteiger partial charge < -0.3 is 15.8 Å². The lowest BCUT2D eigenvalue weighted by atomic mass is 10.3. The molecule has 0 amide bonds. The van der Waals surface area contributed by atoms with Crippen molar-refractivity contribution in [2.45, 2.75) is 39.8 Å². The summed E-state index contributed by atoms with van der Waals surface area (Å²) in [6, 6.07) is 4.28. The van der Waals surface area contributed by atoms with Gasteiger partial charge in [-0.2, -0.15) is 4.98 Å². The minimum atomic E-state index is 0.0319. The number of ether oxygens (including phenoxy) is 1. The van der Waals surface area contributed by atoms with Gasteiger partial charge in [0.15, 0.2) is 5.82 Å². The lowest BCUT2D eigenvalue weighted by molar-refractivity contribution is 0.234. The Kier molecular flexibility index (Phi) is 4.79. The van der Waals surface area contributed by atoms with Gasteiger partial charge in [-0.15, -0.1) is 11.3 Å². The van der Waals surface area contributed by atoms with Crippen molar-refractivity contribution in [2.75, 3.05) is 11.1 Å². The molecule has 6 heteroatoms. The molecule has 0 radical (unpaired) electrons. The smallest absolute Gasteiger partial charge is 0.242 e. The quantitative estimate of drug-likeness (QED) is 0.856. The Bertz CT molecular complexity index is 568. The molecule has 0 fully saturated rings. The molecule has 108 valence electrons. The van der Waals surface area contributed by atoms with E-state index in [2.05, 4.69) is 34.3 Å². The van der Waals surface area contributed by atoms with Gasteiger partial charge in [0.25, 0.3) is 0 Å². The molecule has 0 saturated carbocycles. The molecule has 0 atom stereocenters. The van der Waals surface area contributed by atoms with Crippen LogP contribution < -0.4 is 15.8 Å². The molecule has 0 unspecified atom stereocenters. The standard InChI is InChI=1S/C14H20N4OS/c1-4-10-5-6-11(20-10)7-16-13-12(15)14(18-8-17-13)19-9(2)3/h5-6,8-9H,4,7,15H2,1-3H3,(H,16,17,18). The topological polar surface area (TPSA) is 73.1 Å². The monoisotopic (exact) mass is 292 g/mol. The molecule has 0 aliphatic heterocycles. The van der Waals surface area contributed by atoms with Gasteiger partial charge in [-0.3, -0.25) is 0 Å². The Morgan fingerprint density at radius 2 is 2.05 bits per heavy atom. The number of thiophene rings is 1. The number of aromatic nitrogens is 2. The molecule has 20 heavy (non-hydrogen) atoms. The normalized spacial score (nSPS) is 10.8. The number of rotatable bonds is 6. The summed E-state index contributed by atoms with van der Waals surface area (Å²) in [5.41, 5.74) is 6.47. The van der Waals surface area contributed by atoms with E-state index in [-0.39, 0.29) is 6.10 Å². The van der Waals surface area contributed by atoms with E-state index in [9.17, 15) is 0 Å². The summed E-state index contributed by atoms with van der Waals surface area (Å²) in [6.45, 7) is 6.73. The molecule has 2 heterocycles. The average molecular weight is 292 g/mol. The van der Waals surface area contributed by atoms with Crippen LogP contribution in [0.1, 0.15) is 30.5 Å². The summed E-state index contributed by atoms with van der Waals surface area (Å²) in [5.74, 6) is 1.04. The first-order chi connectivity index (χ1) is 9.60. The predicted molar refractivity (Wildman–Crippen MR) is 83.2 cm³/mol. The lowest BCUT2D eigenvalue weighted by Crippen LogP contribution is -2.11. The van der Waals surface area contributed by atoms with E-state index in [1.54, 1.807) is 11.3 Å². The zero-order chi connectivity index (χ0) is 14.5. The van der Waals surface area contributed by atoms with Gasteiger partial charge in [0.2, 0.25) is 5.88 Å². The van der Waals surface area contributed by atoms with Gasteiger partial charge in [0.1, 0.15) is 12.0 Å². The van der Waals surface area contributed by atoms with Gasteiger partial charge in [-0.25, -0.2) is 4.98 Å². The Morgan fingerprint density at radius 3 is 2.70 bits per heavy atom. The summed E-state index contributed by atoms with van der Waals surface area (Å²) in [7, 11) is 0. The molecule has 0 aliphatic carbocycles. The van der Waals surface area contributed by atoms with Crippen LogP contribution in [0.3, 0.4) is 0 Å². The summed E-state index contributed by atoms with van der Waals surface area (Å²) in [4.78, 5) is 10.9. The average Bonchev–Trinajstić information content (AvgIpc) is 2.87. The van der Waals surface area contributed by atoms with E-state index in [1.807, 2.05) is 13.8 Å². The maximum absolute atomic E-state index is 6.02. The van der Waals surface area contributed by atoms with E-state index in [0.29, 0.717) is 23.9 Å². The SMILES string of the molecule is CCc1ccc(CNc2ncnc(OC(C)C)c2N)s1. The van der Waals surface area contributed by atoms with Crippen LogP contribution in [0.15, 0.2) is 18.5 Å². The highest BCUT2D eigenvalue weighted by molar-refractivity contribution is 7.12. The fraction of sp³-hybridized carbons (Fsp3) is 0.429. The lowest BCUT2D eigenvalue weighted by Gasteiger charge is -2.13. The van der Waals surface area contributed by atoms with Gasteiger partial charge in [0.05, 0.1) is 12.6 Å². The molecule has 0 aromatic carbocycles. The Balaban J connectivity index is 2.05. The fourth-order valence-corrected chi connectivity index (χ4v) is 2.61. The van der Waals surface area contributed by atoms with E-state index in [0.717, 1.165) is 6.42 Å². The number of nitrogens with zero attached hydrogens (tertiary/aromatic N) is 2. The highest BCUT2D eigenvalue weighted by atomic mass is 32.1. The molecule has 3 N–H and O–H groups in total. The minimum Gasteiger partial charge on any atom is -0.473 e. The van der Waals surface area contributed by atoms with Crippen LogP contribution in [0.4, 0.5) is 11.5 Å². The molecule has 5 nitrogen and oxygen atoms in total. The molecular weight excluding hydrogens is 272 g/mol. The van der Waals surface area contributed by atoms with E-state index < -0.39 is 0 Å². The summed E-state index contributed by atoms with van der Waals surface area (Å²) in [6.07, 6.45) is 2.55. The van der Waals surface area contributed by atoms with Crippen molar-refractivity contribution in [3.8, 4) is 5.88 Å². The summed E-state index contributed by atoms with van der Waals surface area (Å²) in [5, 5.41) is 3.23. The molecule has 0 saturated heterocycles. The van der Waals surface area contributed by atoms with Crippen molar-refractivity contribution in [3.05, 3.63) is 28.2 Å². The Labute approximate surface area is 123 Å². The van der Waals surface area contributed by atoms with Crippen LogP contribution in [0.25, 0.3) is 0 Å². The molecule has 2 aromatic rings. The largest absolute Gasteiger partial charge is 0.473 e. The number of hydrogen-bond acceptors (Lipinski definition) is 6. The number of anilines is 2. The Hall–Kier alpha value is -1.82. The third-order valence-electron chi connectivity index (χ3n) is 2.69. The second-order valence-electron chi connectivity index (χ2n) is 4.68. The number of hydrogen-bond donors (Lipinski definition) is 2. The first kappa shape index (κ1) is 14.6. The van der Waals surface area contributed by atoms with Crippen LogP contribution in [0.5, 0.6) is 5.88 Å². The first-order valence-electron chi connectivity index (χ1n) is 6.68. The number of nitrogen functional groups attached to an aromatic ring is 1. The van der Waals surface area contributed by atoms with Gasteiger partial charge in [0, 0.05) is 9.75 Å². The fourth-order valence-electron chi connectivity index (χ4n) is 1.72. The van der Waals surface area contributed by atoms with E-state index in [4.69, 9.17) is 10.5 Å². The number of aryl methyl sites for hydroxylation is 1. The van der Waals surface area contributed by atoms with Gasteiger partial charge >= 0.3 is 0 Å². The molecule has 2 aromatic heterocycles. The predicted octanol–water partition coefficient (Wildman–Crippen LogP) is 3.08. The Morgan fingerprint density at radius 1 is 1.30 bits per heavy atom.